The van der Waals surface area contributed by atoms with E-state index in [1.165, 1.54) is 36.2 Å². The lowest BCUT2D eigenvalue weighted by molar-refractivity contribution is 0.641. The third kappa shape index (κ3) is 3.29. The van der Waals surface area contributed by atoms with E-state index in [9.17, 15) is 0 Å². The van der Waals surface area contributed by atoms with Crippen molar-refractivity contribution < 1.29 is 0 Å². The lowest BCUT2D eigenvalue weighted by Gasteiger charge is -2.27. The molecule has 1 heterocycles. The van der Waals surface area contributed by atoms with Gasteiger partial charge in [-0.2, -0.15) is 0 Å². The van der Waals surface area contributed by atoms with Crippen molar-refractivity contribution >= 4 is 11.4 Å². The molecule has 0 aromatic heterocycles. The smallest absolute Gasteiger partial charge is 0.0449 e. The predicted molar refractivity (Wildman–Crippen MR) is 103 cm³/mol. The molecule has 1 aliphatic carbocycles. The van der Waals surface area contributed by atoms with Crippen molar-refractivity contribution in [2.75, 3.05) is 4.90 Å². The zero-order chi connectivity index (χ0) is 16.8. The van der Waals surface area contributed by atoms with Crippen LogP contribution in [0.3, 0.4) is 0 Å². The average molecular weight is 309 g/mol. The van der Waals surface area contributed by atoms with Crippen LogP contribution in [0, 0.1) is 6.92 Å². The summed E-state index contributed by atoms with van der Waals surface area (Å²) in [6.45, 7) is 10.2. The SMILES string of the molecule is CC.CC.Cc1ccc2c(c1)C1CCCC1N2c1ccccc1. The summed E-state index contributed by atoms with van der Waals surface area (Å²) in [5.41, 5.74) is 5.75. The van der Waals surface area contributed by atoms with Crippen LogP contribution in [-0.4, -0.2) is 6.04 Å². The fraction of sp³-hybridized carbons (Fsp3) is 0.455. The van der Waals surface area contributed by atoms with E-state index in [0.29, 0.717) is 6.04 Å². The van der Waals surface area contributed by atoms with Gasteiger partial charge in [0.05, 0.1) is 0 Å². The Bertz CT molecular complexity index is 603. The van der Waals surface area contributed by atoms with E-state index in [1.54, 1.807) is 5.56 Å². The van der Waals surface area contributed by atoms with Gasteiger partial charge < -0.3 is 4.90 Å². The Morgan fingerprint density at radius 1 is 0.870 bits per heavy atom. The van der Waals surface area contributed by atoms with Gasteiger partial charge in [-0.05, 0) is 43.5 Å². The minimum absolute atomic E-state index is 0.680. The van der Waals surface area contributed by atoms with Crippen molar-refractivity contribution in [3.8, 4) is 0 Å². The second-order valence-electron chi connectivity index (χ2n) is 5.87. The van der Waals surface area contributed by atoms with Crippen molar-refractivity contribution in [3.63, 3.8) is 0 Å². The van der Waals surface area contributed by atoms with Crippen LogP contribution in [0.15, 0.2) is 48.5 Å². The van der Waals surface area contributed by atoms with Gasteiger partial charge in [-0.3, -0.25) is 0 Å². The summed E-state index contributed by atoms with van der Waals surface area (Å²) < 4.78 is 0. The molecule has 0 amide bonds. The first-order chi connectivity index (χ1) is 11.3. The van der Waals surface area contributed by atoms with Gasteiger partial charge in [0.15, 0.2) is 0 Å². The van der Waals surface area contributed by atoms with Crippen molar-refractivity contribution in [1.29, 1.82) is 0 Å². The average Bonchev–Trinajstić information content (AvgIpc) is 3.20. The summed E-state index contributed by atoms with van der Waals surface area (Å²) in [6, 6.07) is 18.5. The molecule has 0 spiro atoms. The third-order valence-electron chi connectivity index (χ3n) is 4.69. The van der Waals surface area contributed by atoms with Crippen molar-refractivity contribution in [2.45, 2.75) is 65.8 Å². The van der Waals surface area contributed by atoms with Gasteiger partial charge in [-0.25, -0.2) is 0 Å². The van der Waals surface area contributed by atoms with Crippen LogP contribution >= 0.6 is 0 Å². The first-order valence-corrected chi connectivity index (χ1v) is 9.29. The highest BCUT2D eigenvalue weighted by Crippen LogP contribution is 2.52. The van der Waals surface area contributed by atoms with Gasteiger partial charge in [0.25, 0.3) is 0 Å². The standard InChI is InChI=1S/C18H19N.2C2H6/c1-13-10-11-18-16(12-13)15-8-5-9-17(15)19(18)14-6-3-2-4-7-14;2*1-2/h2-4,6-7,10-12,15,17H,5,8-9H2,1H3;2*1-2H3. The summed E-state index contributed by atoms with van der Waals surface area (Å²) in [4.78, 5) is 2.58. The van der Waals surface area contributed by atoms with Gasteiger partial charge in [-0.15, -0.1) is 0 Å². The molecule has 0 saturated heterocycles. The topological polar surface area (TPSA) is 3.24 Å². The monoisotopic (exact) mass is 309 g/mol. The maximum atomic E-state index is 2.58. The van der Waals surface area contributed by atoms with Gasteiger partial charge in [0.2, 0.25) is 0 Å². The van der Waals surface area contributed by atoms with Crippen LogP contribution in [0.5, 0.6) is 0 Å². The zero-order valence-electron chi connectivity index (χ0n) is 15.3. The second kappa shape index (κ2) is 8.19. The molecule has 2 aromatic rings. The Kier molecular flexibility index (Phi) is 6.27. The second-order valence-corrected chi connectivity index (χ2v) is 5.87. The molecule has 23 heavy (non-hydrogen) atoms. The minimum Gasteiger partial charge on any atom is -0.338 e. The number of fused-ring (bicyclic) bond motifs is 3. The van der Waals surface area contributed by atoms with E-state index in [-0.39, 0.29) is 0 Å². The normalized spacial score (nSPS) is 20.7. The van der Waals surface area contributed by atoms with E-state index < -0.39 is 0 Å². The number of rotatable bonds is 1. The highest BCUT2D eigenvalue weighted by atomic mass is 15.2. The largest absolute Gasteiger partial charge is 0.338 e. The molecule has 1 heteroatoms. The first-order valence-electron chi connectivity index (χ1n) is 9.29. The molecule has 1 aliphatic heterocycles. The molecule has 2 unspecified atom stereocenters. The molecule has 4 rings (SSSR count). The summed E-state index contributed by atoms with van der Waals surface area (Å²) in [6.07, 6.45) is 4.05. The van der Waals surface area contributed by atoms with E-state index in [2.05, 4.69) is 60.4 Å². The molecule has 1 nitrogen and oxygen atoms in total. The lowest BCUT2D eigenvalue weighted by atomic mass is 9.96. The third-order valence-corrected chi connectivity index (χ3v) is 4.69. The molecule has 2 aliphatic rings. The Hall–Kier alpha value is -1.76. The highest BCUT2D eigenvalue weighted by molar-refractivity contribution is 5.73. The number of benzene rings is 2. The van der Waals surface area contributed by atoms with Crippen LogP contribution in [0.25, 0.3) is 0 Å². The molecular formula is C22H31N. The van der Waals surface area contributed by atoms with Crippen LogP contribution in [0.1, 0.15) is 64.0 Å². The molecule has 2 atom stereocenters. The Morgan fingerprint density at radius 3 is 2.26 bits per heavy atom. The molecular weight excluding hydrogens is 278 g/mol. The van der Waals surface area contributed by atoms with Crippen LogP contribution < -0.4 is 4.90 Å². The van der Waals surface area contributed by atoms with Crippen LogP contribution in [-0.2, 0) is 0 Å². The fourth-order valence-electron chi connectivity index (χ4n) is 3.90. The summed E-state index contributed by atoms with van der Waals surface area (Å²) in [5.74, 6) is 0.745. The number of aryl methyl sites for hydroxylation is 1. The summed E-state index contributed by atoms with van der Waals surface area (Å²) >= 11 is 0. The zero-order valence-corrected chi connectivity index (χ0v) is 15.3. The number of para-hydroxylation sites is 1. The molecule has 124 valence electrons. The number of hydrogen-bond acceptors (Lipinski definition) is 1. The Labute approximate surface area is 142 Å². The molecule has 0 radical (unpaired) electrons. The maximum Gasteiger partial charge on any atom is 0.0449 e. The highest BCUT2D eigenvalue weighted by Gasteiger charge is 2.41. The van der Waals surface area contributed by atoms with Crippen molar-refractivity contribution in [3.05, 3.63) is 59.7 Å². The fourth-order valence-corrected chi connectivity index (χ4v) is 3.90. The van der Waals surface area contributed by atoms with Gasteiger partial charge in [0, 0.05) is 23.3 Å². The van der Waals surface area contributed by atoms with Crippen molar-refractivity contribution in [2.24, 2.45) is 0 Å². The van der Waals surface area contributed by atoms with E-state index in [0.717, 1.165) is 5.92 Å². The van der Waals surface area contributed by atoms with Crippen LogP contribution in [0.4, 0.5) is 11.4 Å². The maximum absolute atomic E-state index is 2.58. The van der Waals surface area contributed by atoms with E-state index in [1.807, 2.05) is 27.7 Å². The first kappa shape index (κ1) is 17.6. The number of anilines is 2. The van der Waals surface area contributed by atoms with Gasteiger partial charge in [0.1, 0.15) is 0 Å². The summed E-state index contributed by atoms with van der Waals surface area (Å²) in [7, 11) is 0. The number of nitrogens with zero attached hydrogens (tertiary/aromatic N) is 1. The molecule has 0 bridgehead atoms. The minimum atomic E-state index is 0.680. The van der Waals surface area contributed by atoms with Crippen molar-refractivity contribution in [1.82, 2.24) is 0 Å². The Balaban J connectivity index is 0.000000448. The number of hydrogen-bond donors (Lipinski definition) is 0. The lowest BCUT2D eigenvalue weighted by Crippen LogP contribution is -2.26. The molecule has 0 N–H and O–H groups in total. The molecule has 1 fully saturated rings. The van der Waals surface area contributed by atoms with E-state index >= 15 is 0 Å². The van der Waals surface area contributed by atoms with Crippen LogP contribution in [0.2, 0.25) is 0 Å². The summed E-state index contributed by atoms with van der Waals surface area (Å²) in [5, 5.41) is 0. The molecule has 2 aromatic carbocycles. The predicted octanol–water partition coefficient (Wildman–Crippen LogP) is 6.84. The van der Waals surface area contributed by atoms with Gasteiger partial charge in [-0.1, -0.05) is 70.0 Å². The Morgan fingerprint density at radius 2 is 1.57 bits per heavy atom. The van der Waals surface area contributed by atoms with E-state index in [4.69, 9.17) is 0 Å². The molecule has 1 saturated carbocycles. The van der Waals surface area contributed by atoms with Gasteiger partial charge >= 0.3 is 0 Å². The quantitative estimate of drug-likeness (QED) is 0.557.